The third-order valence-corrected chi connectivity index (χ3v) is 3.85. The van der Waals surface area contributed by atoms with Crippen LogP contribution in [0.4, 0.5) is 0 Å². The maximum atomic E-state index is 5.42. The maximum Gasteiger partial charge on any atom is 0.0960 e. The number of nitrogens with zero attached hydrogens (tertiary/aromatic N) is 2. The minimum absolute atomic E-state index is 0.459. The molecular formula is C14H18N2O. The van der Waals surface area contributed by atoms with Crippen LogP contribution in [-0.4, -0.2) is 22.8 Å². The van der Waals surface area contributed by atoms with Crippen LogP contribution in [0, 0.1) is 0 Å². The molecule has 0 bridgehead atoms. The molecule has 0 saturated heterocycles. The predicted octanol–water partition coefficient (Wildman–Crippen LogP) is 3.17. The zero-order valence-electron chi connectivity index (χ0n) is 10.2. The summed E-state index contributed by atoms with van der Waals surface area (Å²) < 4.78 is 7.75. The summed E-state index contributed by atoms with van der Waals surface area (Å²) in [5.41, 5.74) is 2.36. The Bertz CT molecular complexity index is 498. The molecule has 17 heavy (non-hydrogen) atoms. The Kier molecular flexibility index (Phi) is 2.85. The van der Waals surface area contributed by atoms with Gasteiger partial charge in [0.05, 0.1) is 23.5 Å². The fourth-order valence-electron chi connectivity index (χ4n) is 2.83. The quantitative estimate of drug-likeness (QED) is 0.792. The van der Waals surface area contributed by atoms with Gasteiger partial charge in [-0.2, -0.15) is 0 Å². The first-order valence-electron chi connectivity index (χ1n) is 6.33. The van der Waals surface area contributed by atoms with Crippen molar-refractivity contribution in [2.75, 3.05) is 7.11 Å². The van der Waals surface area contributed by atoms with Crippen LogP contribution in [0.3, 0.4) is 0 Å². The number of imidazole rings is 1. The van der Waals surface area contributed by atoms with Gasteiger partial charge >= 0.3 is 0 Å². The molecular weight excluding hydrogens is 212 g/mol. The highest BCUT2D eigenvalue weighted by molar-refractivity contribution is 5.75. The molecule has 1 heterocycles. The van der Waals surface area contributed by atoms with Crippen molar-refractivity contribution in [3.63, 3.8) is 0 Å². The van der Waals surface area contributed by atoms with E-state index in [-0.39, 0.29) is 0 Å². The molecule has 0 amide bonds. The summed E-state index contributed by atoms with van der Waals surface area (Å²) in [4.78, 5) is 4.46. The zero-order valence-corrected chi connectivity index (χ0v) is 10.2. The second-order valence-corrected chi connectivity index (χ2v) is 4.81. The summed E-state index contributed by atoms with van der Waals surface area (Å²) in [6, 6.07) is 8.95. The number of aromatic nitrogens is 2. The topological polar surface area (TPSA) is 27.1 Å². The van der Waals surface area contributed by atoms with Gasteiger partial charge in [-0.05, 0) is 37.8 Å². The van der Waals surface area contributed by atoms with E-state index < -0.39 is 0 Å². The molecule has 1 saturated carbocycles. The lowest BCUT2D eigenvalue weighted by molar-refractivity contribution is 0.0589. The zero-order chi connectivity index (χ0) is 11.7. The Morgan fingerprint density at radius 3 is 2.71 bits per heavy atom. The normalized spacial score (nSPS) is 25.2. The van der Waals surface area contributed by atoms with Crippen LogP contribution in [-0.2, 0) is 4.74 Å². The van der Waals surface area contributed by atoms with E-state index in [1.54, 1.807) is 0 Å². The smallest absolute Gasteiger partial charge is 0.0960 e. The van der Waals surface area contributed by atoms with Crippen LogP contribution in [0.15, 0.2) is 30.6 Å². The molecule has 2 aromatic rings. The Morgan fingerprint density at radius 1 is 1.18 bits per heavy atom. The van der Waals surface area contributed by atoms with Crippen LogP contribution in [0.2, 0.25) is 0 Å². The van der Waals surface area contributed by atoms with Crippen molar-refractivity contribution in [2.45, 2.75) is 37.8 Å². The van der Waals surface area contributed by atoms with E-state index in [4.69, 9.17) is 4.74 Å². The molecule has 0 spiro atoms. The van der Waals surface area contributed by atoms with E-state index in [2.05, 4.69) is 27.8 Å². The summed E-state index contributed by atoms with van der Waals surface area (Å²) in [7, 11) is 1.82. The highest BCUT2D eigenvalue weighted by atomic mass is 16.5. The van der Waals surface area contributed by atoms with Crippen molar-refractivity contribution >= 4 is 11.0 Å². The predicted molar refractivity (Wildman–Crippen MR) is 68.0 cm³/mol. The van der Waals surface area contributed by atoms with Crippen LogP contribution in [0.25, 0.3) is 11.0 Å². The lowest BCUT2D eigenvalue weighted by atomic mass is 9.93. The lowest BCUT2D eigenvalue weighted by Gasteiger charge is -2.28. The first-order valence-corrected chi connectivity index (χ1v) is 6.33. The summed E-state index contributed by atoms with van der Waals surface area (Å²) in [6.07, 6.45) is 7.16. The fraction of sp³-hybridized carbons (Fsp3) is 0.500. The number of methoxy groups -OCH3 is 1. The Hall–Kier alpha value is -1.35. The van der Waals surface area contributed by atoms with E-state index in [1.807, 2.05) is 19.5 Å². The Balaban J connectivity index is 1.85. The molecule has 3 rings (SSSR count). The van der Waals surface area contributed by atoms with Crippen molar-refractivity contribution < 1.29 is 4.74 Å². The van der Waals surface area contributed by atoms with Crippen LogP contribution >= 0.6 is 0 Å². The van der Waals surface area contributed by atoms with Crippen molar-refractivity contribution in [1.82, 2.24) is 9.55 Å². The van der Waals surface area contributed by atoms with Gasteiger partial charge in [0.2, 0.25) is 0 Å². The first kappa shape index (κ1) is 10.8. The average molecular weight is 230 g/mol. The summed E-state index contributed by atoms with van der Waals surface area (Å²) >= 11 is 0. The van der Waals surface area contributed by atoms with Crippen LogP contribution in [0.5, 0.6) is 0 Å². The minimum Gasteiger partial charge on any atom is -0.381 e. The molecule has 1 aromatic heterocycles. The van der Waals surface area contributed by atoms with Crippen molar-refractivity contribution in [3.05, 3.63) is 30.6 Å². The SMILES string of the molecule is CO[C@H]1CC[C@H](n2cnc3ccccc32)CC1. The monoisotopic (exact) mass is 230 g/mol. The van der Waals surface area contributed by atoms with Crippen molar-refractivity contribution in [1.29, 1.82) is 0 Å². The van der Waals surface area contributed by atoms with Gasteiger partial charge in [0.15, 0.2) is 0 Å². The van der Waals surface area contributed by atoms with Gasteiger partial charge < -0.3 is 9.30 Å². The fourth-order valence-corrected chi connectivity index (χ4v) is 2.83. The Morgan fingerprint density at radius 2 is 1.94 bits per heavy atom. The second-order valence-electron chi connectivity index (χ2n) is 4.81. The van der Waals surface area contributed by atoms with E-state index in [0.717, 1.165) is 18.4 Å². The number of ether oxygens (including phenoxy) is 1. The van der Waals surface area contributed by atoms with E-state index in [9.17, 15) is 0 Å². The summed E-state index contributed by atoms with van der Waals surface area (Å²) in [5.74, 6) is 0. The van der Waals surface area contributed by atoms with Gasteiger partial charge in [-0.25, -0.2) is 4.98 Å². The average Bonchev–Trinajstić information content (AvgIpc) is 2.83. The third kappa shape index (κ3) is 1.95. The second kappa shape index (κ2) is 4.49. The minimum atomic E-state index is 0.459. The molecule has 1 aromatic carbocycles. The van der Waals surface area contributed by atoms with Gasteiger partial charge in [-0.3, -0.25) is 0 Å². The van der Waals surface area contributed by atoms with E-state index in [0.29, 0.717) is 12.1 Å². The van der Waals surface area contributed by atoms with Gasteiger partial charge in [0.1, 0.15) is 0 Å². The van der Waals surface area contributed by atoms with Crippen LogP contribution in [0.1, 0.15) is 31.7 Å². The van der Waals surface area contributed by atoms with Crippen LogP contribution < -0.4 is 0 Å². The van der Waals surface area contributed by atoms with E-state index in [1.165, 1.54) is 18.4 Å². The molecule has 0 radical (unpaired) electrons. The highest BCUT2D eigenvalue weighted by Gasteiger charge is 2.22. The van der Waals surface area contributed by atoms with Gasteiger partial charge in [0.25, 0.3) is 0 Å². The highest BCUT2D eigenvalue weighted by Crippen LogP contribution is 2.31. The third-order valence-electron chi connectivity index (χ3n) is 3.85. The van der Waals surface area contributed by atoms with Gasteiger partial charge in [-0.15, -0.1) is 0 Å². The molecule has 1 fully saturated rings. The molecule has 0 atom stereocenters. The number of hydrogen-bond donors (Lipinski definition) is 0. The molecule has 0 N–H and O–H groups in total. The van der Waals surface area contributed by atoms with E-state index >= 15 is 0 Å². The molecule has 0 unspecified atom stereocenters. The molecule has 1 aliphatic rings. The van der Waals surface area contributed by atoms with Crippen molar-refractivity contribution in [3.8, 4) is 0 Å². The number of fused-ring (bicyclic) bond motifs is 1. The standard InChI is InChI=1S/C14H18N2O/c1-17-12-8-6-11(7-9-12)16-10-15-13-4-2-3-5-14(13)16/h2-5,10-12H,6-9H2,1H3/t11-,12-. The molecule has 90 valence electrons. The largest absolute Gasteiger partial charge is 0.381 e. The Labute approximate surface area is 101 Å². The van der Waals surface area contributed by atoms with Crippen molar-refractivity contribution in [2.24, 2.45) is 0 Å². The number of benzene rings is 1. The van der Waals surface area contributed by atoms with Gasteiger partial charge in [0, 0.05) is 13.2 Å². The summed E-state index contributed by atoms with van der Waals surface area (Å²) in [6.45, 7) is 0. The first-order chi connectivity index (χ1) is 8.38. The molecule has 3 nitrogen and oxygen atoms in total. The molecule has 0 aliphatic heterocycles. The maximum absolute atomic E-state index is 5.42. The summed E-state index contributed by atoms with van der Waals surface area (Å²) in [5, 5.41) is 0. The van der Waals surface area contributed by atoms with Gasteiger partial charge in [-0.1, -0.05) is 12.1 Å². The number of para-hydroxylation sites is 2. The lowest BCUT2D eigenvalue weighted by Crippen LogP contribution is -2.22. The molecule has 1 aliphatic carbocycles. The number of hydrogen-bond acceptors (Lipinski definition) is 2. The molecule has 3 heteroatoms. The number of rotatable bonds is 2.